The summed E-state index contributed by atoms with van der Waals surface area (Å²) in [5, 5.41) is 0.596. The molecular formula is C22H19ClN2O3S. The summed E-state index contributed by atoms with van der Waals surface area (Å²) in [5.74, 6) is 0. The maximum atomic E-state index is 13.4. The molecule has 1 aliphatic heterocycles. The van der Waals surface area contributed by atoms with Crippen LogP contribution in [0.25, 0.3) is 0 Å². The lowest BCUT2D eigenvalue weighted by atomic mass is 10.1. The van der Waals surface area contributed by atoms with Gasteiger partial charge >= 0.3 is 6.03 Å². The molecule has 0 saturated carbocycles. The van der Waals surface area contributed by atoms with Crippen LogP contribution in [0.15, 0.2) is 71.6 Å². The van der Waals surface area contributed by atoms with E-state index in [0.717, 1.165) is 21.0 Å². The van der Waals surface area contributed by atoms with Gasteiger partial charge in [0.2, 0.25) is 0 Å². The zero-order valence-corrected chi connectivity index (χ0v) is 17.5. The summed E-state index contributed by atoms with van der Waals surface area (Å²) in [6.45, 7) is 3.97. The van der Waals surface area contributed by atoms with E-state index in [1.54, 1.807) is 42.5 Å². The maximum Gasteiger partial charge on any atom is 0.343 e. The van der Waals surface area contributed by atoms with Gasteiger partial charge in [0.15, 0.2) is 0 Å². The minimum atomic E-state index is -4.03. The number of rotatable bonds is 3. The predicted octanol–water partition coefficient (Wildman–Crippen LogP) is 5.29. The second-order valence-corrected chi connectivity index (χ2v) is 9.27. The van der Waals surface area contributed by atoms with Crippen LogP contribution in [0.3, 0.4) is 0 Å². The first-order valence-corrected chi connectivity index (χ1v) is 10.9. The number of hydrogen-bond donors (Lipinski definition) is 0. The third kappa shape index (κ3) is 3.50. The predicted molar refractivity (Wildman–Crippen MR) is 115 cm³/mol. The number of anilines is 2. The largest absolute Gasteiger partial charge is 0.343 e. The Hall–Kier alpha value is -2.83. The molecule has 0 aromatic heterocycles. The van der Waals surface area contributed by atoms with E-state index in [9.17, 15) is 13.2 Å². The van der Waals surface area contributed by atoms with Gasteiger partial charge in [-0.1, -0.05) is 41.9 Å². The summed E-state index contributed by atoms with van der Waals surface area (Å²) in [6, 6.07) is 18.4. The number of hydrogen-bond acceptors (Lipinski definition) is 3. The van der Waals surface area contributed by atoms with E-state index in [1.807, 2.05) is 32.0 Å². The van der Waals surface area contributed by atoms with E-state index < -0.39 is 16.1 Å². The van der Waals surface area contributed by atoms with Crippen LogP contribution in [-0.2, 0) is 16.6 Å². The van der Waals surface area contributed by atoms with Crippen LogP contribution in [0, 0.1) is 13.8 Å². The quantitative estimate of drug-likeness (QED) is 0.571. The molecule has 0 aliphatic carbocycles. The number of para-hydroxylation sites is 1. The highest BCUT2D eigenvalue weighted by molar-refractivity contribution is 7.94. The molecule has 0 radical (unpaired) electrons. The molecule has 0 bridgehead atoms. The minimum Gasteiger partial charge on any atom is -0.287 e. The number of fused-ring (bicyclic) bond motifs is 1. The van der Waals surface area contributed by atoms with Gasteiger partial charge in [0.1, 0.15) is 4.90 Å². The third-order valence-corrected chi connectivity index (χ3v) is 6.77. The van der Waals surface area contributed by atoms with Gasteiger partial charge in [-0.2, -0.15) is 4.31 Å². The molecule has 0 saturated heterocycles. The Labute approximate surface area is 175 Å². The van der Waals surface area contributed by atoms with Crippen molar-refractivity contribution >= 4 is 39.0 Å². The molecule has 148 valence electrons. The molecule has 1 heterocycles. The Bertz CT molecular complexity index is 1190. The Kier molecular flexibility index (Phi) is 4.84. The minimum absolute atomic E-state index is 0.104. The number of nitrogens with zero attached hydrogens (tertiary/aromatic N) is 2. The van der Waals surface area contributed by atoms with Crippen LogP contribution in [0.1, 0.15) is 16.7 Å². The zero-order valence-electron chi connectivity index (χ0n) is 16.0. The van der Waals surface area contributed by atoms with Gasteiger partial charge in [0.05, 0.1) is 17.9 Å². The second-order valence-electron chi connectivity index (χ2n) is 7.08. The van der Waals surface area contributed by atoms with Gasteiger partial charge in [-0.3, -0.25) is 4.90 Å². The smallest absolute Gasteiger partial charge is 0.287 e. The summed E-state index contributed by atoms with van der Waals surface area (Å²) in [5.41, 5.74) is 3.31. The van der Waals surface area contributed by atoms with Gasteiger partial charge in [0.25, 0.3) is 10.0 Å². The number of benzene rings is 3. The van der Waals surface area contributed by atoms with E-state index in [1.165, 1.54) is 11.0 Å². The van der Waals surface area contributed by atoms with E-state index in [4.69, 9.17) is 11.6 Å². The summed E-state index contributed by atoms with van der Waals surface area (Å²) >= 11 is 5.97. The average molecular weight is 427 g/mol. The highest BCUT2D eigenvalue weighted by Gasteiger charge is 2.42. The Morgan fingerprint density at radius 2 is 1.52 bits per heavy atom. The van der Waals surface area contributed by atoms with Crippen molar-refractivity contribution in [1.82, 2.24) is 0 Å². The molecule has 2 amide bonds. The molecule has 0 spiro atoms. The summed E-state index contributed by atoms with van der Waals surface area (Å²) in [4.78, 5) is 15.0. The van der Waals surface area contributed by atoms with Crippen LogP contribution < -0.4 is 9.21 Å². The highest BCUT2D eigenvalue weighted by atomic mass is 35.5. The molecule has 29 heavy (non-hydrogen) atoms. The Balaban J connectivity index is 1.88. The molecular weight excluding hydrogens is 408 g/mol. The monoisotopic (exact) mass is 426 g/mol. The molecule has 0 N–H and O–H groups in total. The van der Waals surface area contributed by atoms with Crippen LogP contribution in [0.5, 0.6) is 0 Å². The van der Waals surface area contributed by atoms with Gasteiger partial charge in [-0.15, -0.1) is 0 Å². The molecule has 7 heteroatoms. The first-order chi connectivity index (χ1) is 13.8. The van der Waals surface area contributed by atoms with E-state index in [0.29, 0.717) is 16.4 Å². The van der Waals surface area contributed by atoms with Gasteiger partial charge in [-0.05, 0) is 66.9 Å². The van der Waals surface area contributed by atoms with Gasteiger partial charge in [-0.25, -0.2) is 13.2 Å². The lowest BCUT2D eigenvalue weighted by molar-refractivity contribution is 0.253. The standard InChI is InChI=1S/C22H19ClN2O3S/c1-15-11-16(2)13-19(12-15)25-22(26)24(14-17-7-9-18(23)10-8-17)20-5-3-4-6-21(20)29(25,27)28/h3-13H,14H2,1-2H3. The summed E-state index contributed by atoms with van der Waals surface area (Å²) < 4.78 is 27.6. The fourth-order valence-electron chi connectivity index (χ4n) is 3.55. The van der Waals surface area contributed by atoms with Crippen LogP contribution >= 0.6 is 11.6 Å². The number of aryl methyl sites for hydroxylation is 2. The number of amides is 2. The molecule has 3 aromatic carbocycles. The molecule has 5 nitrogen and oxygen atoms in total. The summed E-state index contributed by atoms with van der Waals surface area (Å²) in [6.07, 6.45) is 0. The van der Waals surface area contributed by atoms with Crippen molar-refractivity contribution in [2.75, 3.05) is 9.21 Å². The van der Waals surface area contributed by atoms with E-state index >= 15 is 0 Å². The number of sulfonamides is 1. The van der Waals surface area contributed by atoms with Crippen LogP contribution in [0.2, 0.25) is 5.02 Å². The number of halogens is 1. The highest BCUT2D eigenvalue weighted by Crippen LogP contribution is 2.38. The Morgan fingerprint density at radius 3 is 2.17 bits per heavy atom. The normalized spacial score (nSPS) is 15.3. The number of carbonyl (C=O) groups excluding carboxylic acids is 1. The molecule has 0 fully saturated rings. The topological polar surface area (TPSA) is 57.7 Å². The van der Waals surface area contributed by atoms with Gasteiger partial charge in [0, 0.05) is 5.02 Å². The van der Waals surface area contributed by atoms with E-state index in [2.05, 4.69) is 0 Å². The lowest BCUT2D eigenvalue weighted by Gasteiger charge is -2.36. The van der Waals surface area contributed by atoms with Crippen molar-refractivity contribution < 1.29 is 13.2 Å². The fourth-order valence-corrected chi connectivity index (χ4v) is 5.26. The number of carbonyl (C=O) groups is 1. The van der Waals surface area contributed by atoms with Crippen molar-refractivity contribution in [2.45, 2.75) is 25.3 Å². The summed E-state index contributed by atoms with van der Waals surface area (Å²) in [7, 11) is -4.03. The molecule has 1 aliphatic rings. The second kappa shape index (κ2) is 7.21. The molecule has 3 aromatic rings. The lowest BCUT2D eigenvalue weighted by Crippen LogP contribution is -2.50. The van der Waals surface area contributed by atoms with Crippen molar-refractivity contribution in [2.24, 2.45) is 0 Å². The molecule has 4 rings (SSSR count). The first kappa shape index (κ1) is 19.5. The third-order valence-electron chi connectivity index (χ3n) is 4.77. The Morgan fingerprint density at radius 1 is 0.897 bits per heavy atom. The van der Waals surface area contributed by atoms with Crippen molar-refractivity contribution in [3.05, 3.63) is 88.4 Å². The maximum absolute atomic E-state index is 13.4. The molecule has 0 unspecified atom stereocenters. The molecule has 0 atom stereocenters. The fraction of sp³-hybridized carbons (Fsp3) is 0.136. The van der Waals surface area contributed by atoms with Crippen molar-refractivity contribution in [3.8, 4) is 0 Å². The SMILES string of the molecule is Cc1cc(C)cc(N2C(=O)N(Cc3ccc(Cl)cc3)c3ccccc3S2(=O)=O)c1. The zero-order chi connectivity index (χ0) is 20.8. The average Bonchev–Trinajstić information content (AvgIpc) is 2.66. The van der Waals surface area contributed by atoms with Crippen molar-refractivity contribution in [3.63, 3.8) is 0 Å². The van der Waals surface area contributed by atoms with Gasteiger partial charge < -0.3 is 0 Å². The first-order valence-electron chi connectivity index (χ1n) is 9.06. The van der Waals surface area contributed by atoms with Crippen molar-refractivity contribution in [1.29, 1.82) is 0 Å². The van der Waals surface area contributed by atoms with E-state index in [-0.39, 0.29) is 11.4 Å². The van der Waals surface area contributed by atoms with Crippen LogP contribution in [0.4, 0.5) is 16.2 Å². The number of urea groups is 1. The van der Waals surface area contributed by atoms with Crippen LogP contribution in [-0.4, -0.2) is 14.4 Å².